The zero-order valence-electron chi connectivity index (χ0n) is 19.6. The summed E-state index contributed by atoms with van der Waals surface area (Å²) in [5, 5.41) is 13.2. The molecule has 0 heterocycles. The smallest absolute Gasteiger partial charge is 0.142 e. The number of nitrogens with zero attached hydrogens (tertiary/aromatic N) is 1. The molecule has 1 rings (SSSR count). The number of carbonyl (C=O) groups excluding carboxylic acids is 1. The molecule has 31 heavy (non-hydrogen) atoms. The van der Waals surface area contributed by atoms with Crippen molar-refractivity contribution in [3.63, 3.8) is 0 Å². The highest BCUT2D eigenvalue weighted by Gasteiger charge is 2.11. The van der Waals surface area contributed by atoms with Crippen LogP contribution in [0.5, 0.6) is 0 Å². The molecule has 0 aliphatic heterocycles. The average Bonchev–Trinajstić information content (AvgIpc) is 2.74. The van der Waals surface area contributed by atoms with Crippen LogP contribution < -0.4 is 5.32 Å². The van der Waals surface area contributed by atoms with Crippen molar-refractivity contribution in [1.29, 1.82) is 0 Å². The summed E-state index contributed by atoms with van der Waals surface area (Å²) in [6.45, 7) is 14.3. The third-order valence-corrected chi connectivity index (χ3v) is 4.85. The van der Waals surface area contributed by atoms with Gasteiger partial charge in [-0.05, 0) is 63.8 Å². The maximum Gasteiger partial charge on any atom is 0.142 e. The number of aliphatic hydroxyl groups is 1. The molecule has 4 nitrogen and oxygen atoms in total. The largest absolute Gasteiger partial charge is 0.378 e. The van der Waals surface area contributed by atoms with E-state index < -0.39 is 6.23 Å². The Labute approximate surface area is 188 Å². The van der Waals surface area contributed by atoms with E-state index >= 15 is 0 Å². The number of hydrogen-bond acceptors (Lipinski definition) is 4. The van der Waals surface area contributed by atoms with Gasteiger partial charge in [0, 0.05) is 23.2 Å². The van der Waals surface area contributed by atoms with Gasteiger partial charge in [0.1, 0.15) is 12.5 Å². The molecule has 0 bridgehead atoms. The van der Waals surface area contributed by atoms with Gasteiger partial charge in [0.2, 0.25) is 0 Å². The number of aliphatic hydroxyl groups excluding tert-OH is 1. The van der Waals surface area contributed by atoms with E-state index in [1.807, 2.05) is 45.1 Å². The predicted octanol–water partition coefficient (Wildman–Crippen LogP) is 5.54. The Balaban J connectivity index is 2.75. The van der Waals surface area contributed by atoms with Crippen LogP contribution in [-0.4, -0.2) is 29.4 Å². The highest BCUT2D eigenvalue weighted by atomic mass is 16.3. The van der Waals surface area contributed by atoms with E-state index in [4.69, 9.17) is 0 Å². The Kier molecular flexibility index (Phi) is 12.3. The van der Waals surface area contributed by atoms with Gasteiger partial charge < -0.3 is 5.11 Å². The van der Waals surface area contributed by atoms with Gasteiger partial charge in [0.15, 0.2) is 0 Å². The average molecular weight is 423 g/mol. The topological polar surface area (TPSA) is 61.7 Å². The summed E-state index contributed by atoms with van der Waals surface area (Å²) in [6, 6.07) is 8.43. The molecule has 2 atom stereocenters. The summed E-state index contributed by atoms with van der Waals surface area (Å²) in [4.78, 5) is 15.5. The standard InChI is InChI=1S/C27H38N2O2/c1-7-24-13-9-14-25(19-24)26(15-10-18-30)29-23(6)17-16-21(4)11-8-12-22(5)27(31)28-20(2)3/h8-15,18-20,22,27-28,31H,6-7,16-17H2,1-5H3. The molecule has 0 saturated heterocycles. The van der Waals surface area contributed by atoms with Crippen molar-refractivity contribution < 1.29 is 9.90 Å². The Morgan fingerprint density at radius 1 is 1.23 bits per heavy atom. The van der Waals surface area contributed by atoms with Crippen LogP contribution in [0.3, 0.4) is 0 Å². The van der Waals surface area contributed by atoms with Gasteiger partial charge in [-0.15, -0.1) is 0 Å². The second-order valence-corrected chi connectivity index (χ2v) is 8.14. The Hall–Kier alpha value is -2.56. The molecular weight excluding hydrogens is 384 g/mol. The Morgan fingerprint density at radius 3 is 2.61 bits per heavy atom. The molecule has 0 saturated carbocycles. The van der Waals surface area contributed by atoms with E-state index in [2.05, 4.69) is 48.9 Å². The molecule has 0 aliphatic rings. The van der Waals surface area contributed by atoms with Crippen molar-refractivity contribution in [3.8, 4) is 0 Å². The van der Waals surface area contributed by atoms with Crippen LogP contribution in [0.25, 0.3) is 0 Å². The molecule has 0 spiro atoms. The predicted molar refractivity (Wildman–Crippen MR) is 132 cm³/mol. The molecule has 2 unspecified atom stereocenters. The number of allylic oxidation sites excluding steroid dienone is 6. The lowest BCUT2D eigenvalue weighted by molar-refractivity contribution is -0.104. The molecule has 4 heteroatoms. The van der Waals surface area contributed by atoms with Crippen LogP contribution in [-0.2, 0) is 11.2 Å². The van der Waals surface area contributed by atoms with Gasteiger partial charge in [-0.2, -0.15) is 0 Å². The van der Waals surface area contributed by atoms with E-state index in [9.17, 15) is 9.90 Å². The third kappa shape index (κ3) is 10.9. The van der Waals surface area contributed by atoms with Crippen LogP contribution in [0.15, 0.2) is 77.5 Å². The first-order valence-corrected chi connectivity index (χ1v) is 11.0. The van der Waals surface area contributed by atoms with Gasteiger partial charge in [0.25, 0.3) is 0 Å². The van der Waals surface area contributed by atoms with Crippen LogP contribution in [0.2, 0.25) is 0 Å². The number of hydrogen-bond donors (Lipinski definition) is 2. The van der Waals surface area contributed by atoms with Crippen molar-refractivity contribution in [2.75, 3.05) is 0 Å². The molecule has 168 valence electrons. The Bertz CT molecular complexity index is 831. The van der Waals surface area contributed by atoms with E-state index in [0.717, 1.165) is 42.5 Å². The first-order valence-electron chi connectivity index (χ1n) is 11.0. The first kappa shape index (κ1) is 26.5. The molecule has 1 aromatic rings. The van der Waals surface area contributed by atoms with Crippen molar-refractivity contribution in [1.82, 2.24) is 5.32 Å². The minimum Gasteiger partial charge on any atom is -0.378 e. The van der Waals surface area contributed by atoms with Gasteiger partial charge >= 0.3 is 0 Å². The molecule has 1 aromatic carbocycles. The van der Waals surface area contributed by atoms with Crippen LogP contribution in [0, 0.1) is 5.92 Å². The monoisotopic (exact) mass is 422 g/mol. The van der Waals surface area contributed by atoms with E-state index in [1.165, 1.54) is 17.2 Å². The van der Waals surface area contributed by atoms with Crippen LogP contribution in [0.1, 0.15) is 58.6 Å². The molecule has 2 N–H and O–H groups in total. The molecule has 0 amide bonds. The number of aryl methyl sites for hydroxylation is 1. The second-order valence-electron chi connectivity index (χ2n) is 8.14. The number of carbonyl (C=O) groups is 1. The number of rotatable bonds is 13. The van der Waals surface area contributed by atoms with Gasteiger partial charge in [-0.1, -0.05) is 62.4 Å². The normalized spacial score (nSPS) is 15.1. The van der Waals surface area contributed by atoms with E-state index in [1.54, 1.807) is 6.08 Å². The van der Waals surface area contributed by atoms with Crippen LogP contribution in [0.4, 0.5) is 0 Å². The maximum atomic E-state index is 10.8. The van der Waals surface area contributed by atoms with Gasteiger partial charge in [-0.25, -0.2) is 0 Å². The van der Waals surface area contributed by atoms with Crippen molar-refractivity contribution in [2.24, 2.45) is 10.9 Å². The fourth-order valence-electron chi connectivity index (χ4n) is 2.92. The number of nitrogens with one attached hydrogen (secondary N) is 1. The fraction of sp³-hybridized carbons (Fsp3) is 0.407. The maximum absolute atomic E-state index is 10.8. The molecule has 0 fully saturated rings. The summed E-state index contributed by atoms with van der Waals surface area (Å²) in [6.07, 6.45) is 12.0. The summed E-state index contributed by atoms with van der Waals surface area (Å²) in [5.74, 6) is 0.0251. The summed E-state index contributed by atoms with van der Waals surface area (Å²) >= 11 is 0. The molecule has 0 aromatic heterocycles. The van der Waals surface area contributed by atoms with Gasteiger partial charge in [-0.3, -0.25) is 15.1 Å². The van der Waals surface area contributed by atoms with Crippen molar-refractivity contribution >= 4 is 12.0 Å². The minimum absolute atomic E-state index is 0.0251. The van der Waals surface area contributed by atoms with Crippen LogP contribution >= 0.6 is 0 Å². The summed E-state index contributed by atoms with van der Waals surface area (Å²) in [5.41, 5.74) is 4.94. The fourth-order valence-corrected chi connectivity index (χ4v) is 2.92. The number of aldehydes is 1. The van der Waals surface area contributed by atoms with Crippen molar-refractivity contribution in [2.45, 2.75) is 66.2 Å². The molecule has 0 aliphatic carbocycles. The summed E-state index contributed by atoms with van der Waals surface area (Å²) < 4.78 is 0. The highest BCUT2D eigenvalue weighted by molar-refractivity contribution is 6.10. The lowest BCUT2D eigenvalue weighted by atomic mass is 10.0. The Morgan fingerprint density at radius 2 is 1.97 bits per heavy atom. The first-order chi connectivity index (χ1) is 14.8. The number of benzene rings is 1. The van der Waals surface area contributed by atoms with Crippen molar-refractivity contribution in [3.05, 3.63) is 83.6 Å². The van der Waals surface area contributed by atoms with Gasteiger partial charge in [0.05, 0.1) is 5.71 Å². The molecule has 0 radical (unpaired) electrons. The zero-order valence-corrected chi connectivity index (χ0v) is 19.6. The lowest BCUT2D eigenvalue weighted by Crippen LogP contribution is -2.38. The summed E-state index contributed by atoms with van der Waals surface area (Å²) in [7, 11) is 0. The van der Waals surface area contributed by atoms with E-state index in [-0.39, 0.29) is 12.0 Å². The second kappa shape index (κ2) is 14.4. The molecular formula is C27H38N2O2. The zero-order chi connectivity index (χ0) is 23.2. The van der Waals surface area contributed by atoms with E-state index in [0.29, 0.717) is 0 Å². The lowest BCUT2D eigenvalue weighted by Gasteiger charge is -2.19. The number of aliphatic imine (C=N–C) groups is 1. The highest BCUT2D eigenvalue weighted by Crippen LogP contribution is 2.15. The quantitative estimate of drug-likeness (QED) is 0.144. The SMILES string of the molecule is C=C(CCC(C)=CC=CC(C)C(O)NC(C)C)N=C(C=CC=O)c1cccc(CC)c1. The minimum atomic E-state index is -0.553. The third-order valence-electron chi connectivity index (χ3n) is 4.85.